The van der Waals surface area contributed by atoms with Crippen LogP contribution in [0, 0.1) is 0 Å². The maximum atomic E-state index is 12.4. The number of hydrogen-bond donors (Lipinski definition) is 2. The fourth-order valence-electron chi connectivity index (χ4n) is 3.15. The first-order valence-electron chi connectivity index (χ1n) is 8.88. The zero-order chi connectivity index (χ0) is 19.4. The van der Waals surface area contributed by atoms with Gasteiger partial charge in [0.1, 0.15) is 12.6 Å². The first-order valence-corrected chi connectivity index (χ1v) is 10.3. The van der Waals surface area contributed by atoms with Crippen LogP contribution >= 0.6 is 11.8 Å². The minimum absolute atomic E-state index is 0.227. The molecule has 0 bridgehead atoms. The molecule has 1 aliphatic heterocycles. The van der Waals surface area contributed by atoms with E-state index in [1.54, 1.807) is 11.8 Å². The second kappa shape index (κ2) is 8.43. The summed E-state index contributed by atoms with van der Waals surface area (Å²) in [5, 5.41) is 7.75. The Morgan fingerprint density at radius 2 is 1.96 bits per heavy atom. The molecule has 4 amide bonds. The van der Waals surface area contributed by atoms with Crippen LogP contribution < -0.4 is 10.6 Å². The van der Waals surface area contributed by atoms with E-state index in [1.165, 1.54) is 0 Å². The second-order valence-corrected chi connectivity index (χ2v) is 7.59. The van der Waals surface area contributed by atoms with Gasteiger partial charge in [0.05, 0.1) is 6.04 Å². The van der Waals surface area contributed by atoms with Gasteiger partial charge in [-0.15, -0.1) is 0 Å². The van der Waals surface area contributed by atoms with Gasteiger partial charge in [-0.2, -0.15) is 11.8 Å². The van der Waals surface area contributed by atoms with Crippen molar-refractivity contribution < 1.29 is 14.4 Å². The third-order valence-corrected chi connectivity index (χ3v) is 5.31. The van der Waals surface area contributed by atoms with Gasteiger partial charge >= 0.3 is 6.03 Å². The Hall–Kier alpha value is -2.54. The zero-order valence-electron chi connectivity index (χ0n) is 15.4. The predicted octanol–water partition coefficient (Wildman–Crippen LogP) is 2.69. The molecule has 6 nitrogen and oxygen atoms in total. The second-order valence-electron chi connectivity index (χ2n) is 6.60. The van der Waals surface area contributed by atoms with Crippen LogP contribution in [0.5, 0.6) is 0 Å². The molecule has 2 N–H and O–H groups in total. The number of carbonyl (C=O) groups is 3. The number of fused-ring (bicyclic) bond motifs is 1. The molecule has 0 spiro atoms. The Balaban J connectivity index is 1.61. The SMILES string of the molecule is CSCC[C@@H]1NC(=O)N(CC(=O)N[C@@H](C)c2ccc3ccccc3c2)C1=O. The molecule has 3 rings (SSSR count). The van der Waals surface area contributed by atoms with Crippen LogP contribution in [-0.4, -0.2) is 47.3 Å². The van der Waals surface area contributed by atoms with Crippen molar-refractivity contribution in [2.24, 2.45) is 0 Å². The molecule has 1 saturated heterocycles. The van der Waals surface area contributed by atoms with E-state index in [0.29, 0.717) is 6.42 Å². The van der Waals surface area contributed by atoms with Gasteiger partial charge in [0.25, 0.3) is 5.91 Å². The minimum atomic E-state index is -0.532. The van der Waals surface area contributed by atoms with Gasteiger partial charge in [-0.05, 0) is 47.8 Å². The standard InChI is InChI=1S/C20H23N3O3S/c1-13(15-8-7-14-5-3-4-6-16(14)11-15)21-18(24)12-23-19(25)17(9-10-27-2)22-20(23)26/h3-8,11,13,17H,9-10,12H2,1-2H3,(H,21,24)(H,22,26)/t13-,17-/m0/s1. The molecule has 2 aromatic carbocycles. The van der Waals surface area contributed by atoms with Crippen molar-refractivity contribution in [1.82, 2.24) is 15.5 Å². The lowest BCUT2D eigenvalue weighted by molar-refractivity contribution is -0.132. The molecule has 0 unspecified atom stereocenters. The van der Waals surface area contributed by atoms with Crippen molar-refractivity contribution in [3.63, 3.8) is 0 Å². The topological polar surface area (TPSA) is 78.5 Å². The summed E-state index contributed by atoms with van der Waals surface area (Å²) in [6.07, 6.45) is 2.51. The highest BCUT2D eigenvalue weighted by Crippen LogP contribution is 2.20. The molecule has 0 radical (unpaired) electrons. The Labute approximate surface area is 162 Å². The largest absolute Gasteiger partial charge is 0.348 e. The van der Waals surface area contributed by atoms with Crippen molar-refractivity contribution in [2.75, 3.05) is 18.6 Å². The molecular formula is C20H23N3O3S. The van der Waals surface area contributed by atoms with Crippen LogP contribution in [-0.2, 0) is 9.59 Å². The normalized spacial score (nSPS) is 17.9. The van der Waals surface area contributed by atoms with Crippen molar-refractivity contribution in [2.45, 2.75) is 25.4 Å². The molecule has 27 heavy (non-hydrogen) atoms. The fraction of sp³-hybridized carbons (Fsp3) is 0.350. The first-order chi connectivity index (χ1) is 13.0. The molecule has 0 aliphatic carbocycles. The molecule has 7 heteroatoms. The van der Waals surface area contributed by atoms with E-state index in [-0.39, 0.29) is 24.4 Å². The summed E-state index contributed by atoms with van der Waals surface area (Å²) >= 11 is 1.61. The Morgan fingerprint density at radius 3 is 2.70 bits per heavy atom. The van der Waals surface area contributed by atoms with Gasteiger partial charge in [-0.3, -0.25) is 14.5 Å². The average Bonchev–Trinajstić information content (AvgIpc) is 2.93. The Bertz CT molecular complexity index is 870. The van der Waals surface area contributed by atoms with Crippen molar-refractivity contribution in [3.8, 4) is 0 Å². The number of carbonyl (C=O) groups excluding carboxylic acids is 3. The lowest BCUT2D eigenvalue weighted by Gasteiger charge is -2.18. The number of hydrogen-bond acceptors (Lipinski definition) is 4. The van der Waals surface area contributed by atoms with E-state index in [0.717, 1.165) is 27.0 Å². The molecule has 142 valence electrons. The molecule has 0 saturated carbocycles. The lowest BCUT2D eigenvalue weighted by atomic mass is 10.0. The van der Waals surface area contributed by atoms with E-state index in [4.69, 9.17) is 0 Å². The van der Waals surface area contributed by atoms with Crippen LogP contribution in [0.1, 0.15) is 24.9 Å². The van der Waals surface area contributed by atoms with Crippen molar-refractivity contribution in [3.05, 3.63) is 48.0 Å². The van der Waals surface area contributed by atoms with Gasteiger partial charge in [-0.1, -0.05) is 36.4 Å². The molecule has 2 atom stereocenters. The first kappa shape index (κ1) is 19.2. The van der Waals surface area contributed by atoms with Crippen LogP contribution in [0.15, 0.2) is 42.5 Å². The lowest BCUT2D eigenvalue weighted by Crippen LogP contribution is -2.41. The molecule has 2 aromatic rings. The summed E-state index contributed by atoms with van der Waals surface area (Å²) < 4.78 is 0. The number of nitrogens with one attached hydrogen (secondary N) is 2. The molecule has 1 heterocycles. The highest BCUT2D eigenvalue weighted by molar-refractivity contribution is 7.98. The van der Waals surface area contributed by atoms with Crippen molar-refractivity contribution in [1.29, 1.82) is 0 Å². The summed E-state index contributed by atoms with van der Waals surface area (Å²) in [5.74, 6) is 0.0858. The van der Waals surface area contributed by atoms with Gasteiger partial charge in [-0.25, -0.2) is 4.79 Å². The number of urea groups is 1. The Kier molecular flexibility index (Phi) is 6.01. The number of amides is 4. The van der Waals surface area contributed by atoms with Crippen LogP contribution in [0.25, 0.3) is 10.8 Å². The van der Waals surface area contributed by atoms with E-state index in [1.807, 2.05) is 55.6 Å². The summed E-state index contributed by atoms with van der Waals surface area (Å²) in [4.78, 5) is 37.7. The molecule has 1 fully saturated rings. The number of nitrogens with zero attached hydrogens (tertiary/aromatic N) is 1. The summed E-state index contributed by atoms with van der Waals surface area (Å²) in [7, 11) is 0. The number of imide groups is 1. The van der Waals surface area contributed by atoms with E-state index in [2.05, 4.69) is 10.6 Å². The zero-order valence-corrected chi connectivity index (χ0v) is 16.2. The molecule has 0 aromatic heterocycles. The van der Waals surface area contributed by atoms with Gasteiger partial charge < -0.3 is 10.6 Å². The van der Waals surface area contributed by atoms with Crippen LogP contribution in [0.3, 0.4) is 0 Å². The van der Waals surface area contributed by atoms with E-state index >= 15 is 0 Å². The molecule has 1 aliphatic rings. The minimum Gasteiger partial charge on any atom is -0.348 e. The third kappa shape index (κ3) is 4.42. The van der Waals surface area contributed by atoms with Gasteiger partial charge in [0, 0.05) is 0 Å². The monoisotopic (exact) mass is 385 g/mol. The third-order valence-electron chi connectivity index (χ3n) is 4.67. The molecular weight excluding hydrogens is 362 g/mol. The maximum Gasteiger partial charge on any atom is 0.325 e. The summed E-state index contributed by atoms with van der Waals surface area (Å²) in [6, 6.07) is 12.8. The summed E-state index contributed by atoms with van der Waals surface area (Å²) in [5.41, 5.74) is 0.970. The smallest absolute Gasteiger partial charge is 0.325 e. The highest BCUT2D eigenvalue weighted by atomic mass is 32.2. The van der Waals surface area contributed by atoms with E-state index in [9.17, 15) is 14.4 Å². The number of benzene rings is 2. The van der Waals surface area contributed by atoms with Crippen molar-refractivity contribution >= 4 is 40.4 Å². The van der Waals surface area contributed by atoms with Crippen LogP contribution in [0.4, 0.5) is 4.79 Å². The van der Waals surface area contributed by atoms with Gasteiger partial charge in [0.2, 0.25) is 5.91 Å². The van der Waals surface area contributed by atoms with Gasteiger partial charge in [0.15, 0.2) is 0 Å². The Morgan fingerprint density at radius 1 is 1.22 bits per heavy atom. The van der Waals surface area contributed by atoms with Crippen LogP contribution in [0.2, 0.25) is 0 Å². The number of thioether (sulfide) groups is 1. The maximum absolute atomic E-state index is 12.4. The highest BCUT2D eigenvalue weighted by Gasteiger charge is 2.38. The summed E-state index contributed by atoms with van der Waals surface area (Å²) in [6.45, 7) is 1.62. The van der Waals surface area contributed by atoms with E-state index < -0.39 is 12.1 Å². The average molecular weight is 385 g/mol. The fourth-order valence-corrected chi connectivity index (χ4v) is 3.62. The predicted molar refractivity (Wildman–Crippen MR) is 108 cm³/mol. The quantitative estimate of drug-likeness (QED) is 0.719. The number of rotatable bonds is 7.